The van der Waals surface area contributed by atoms with Gasteiger partial charge in [0.05, 0.1) is 12.4 Å². The van der Waals surface area contributed by atoms with Crippen molar-refractivity contribution in [2.24, 2.45) is 0 Å². The normalized spacial score (nSPS) is 12.3. The van der Waals surface area contributed by atoms with E-state index in [2.05, 4.69) is 0 Å². The Morgan fingerprint density at radius 3 is 2.50 bits per heavy atom. The smallest absolute Gasteiger partial charge is 0.214 e. The van der Waals surface area contributed by atoms with Crippen LogP contribution in [0.3, 0.4) is 0 Å². The van der Waals surface area contributed by atoms with Gasteiger partial charge in [0, 0.05) is 26.8 Å². The Balaban J connectivity index is 4.12. The number of likely N-dealkylation sites (N-methyl/N-ethyl adjacent to an activating group) is 1. The Kier molecular flexibility index (Phi) is 7.08. The highest BCUT2D eigenvalue weighted by molar-refractivity contribution is 7.89. The van der Waals surface area contributed by atoms with E-state index in [1.165, 1.54) is 11.4 Å². The first-order valence-corrected chi connectivity index (χ1v) is 6.27. The highest BCUT2D eigenvalue weighted by Crippen LogP contribution is 2.02. The van der Waals surface area contributed by atoms with Crippen molar-refractivity contribution in [1.82, 2.24) is 4.31 Å². The number of hydrogen-bond acceptors (Lipinski definition) is 4. The Morgan fingerprint density at radius 2 is 2.07 bits per heavy atom. The van der Waals surface area contributed by atoms with Gasteiger partial charge in [-0.3, -0.25) is 0 Å². The van der Waals surface area contributed by atoms with Gasteiger partial charge in [-0.2, -0.15) is 4.31 Å². The van der Waals surface area contributed by atoms with Gasteiger partial charge in [0.15, 0.2) is 0 Å². The SMILES string of the molecule is CCN(CCO)S(=O)(=O)CCCOC. The Hall–Kier alpha value is -0.170. The molecule has 86 valence electrons. The van der Waals surface area contributed by atoms with E-state index in [0.717, 1.165) is 0 Å². The summed E-state index contributed by atoms with van der Waals surface area (Å²) in [5.74, 6) is 0.0781. The number of aliphatic hydroxyl groups excluding tert-OH is 1. The van der Waals surface area contributed by atoms with Gasteiger partial charge in [-0.15, -0.1) is 0 Å². The van der Waals surface area contributed by atoms with E-state index in [1.54, 1.807) is 6.92 Å². The molecular weight excluding hydrogens is 206 g/mol. The Labute approximate surface area is 85.7 Å². The number of nitrogens with zero attached hydrogens (tertiary/aromatic N) is 1. The predicted molar refractivity (Wildman–Crippen MR) is 54.6 cm³/mol. The van der Waals surface area contributed by atoms with Crippen molar-refractivity contribution in [2.45, 2.75) is 13.3 Å². The van der Waals surface area contributed by atoms with E-state index in [0.29, 0.717) is 19.6 Å². The van der Waals surface area contributed by atoms with Crippen LogP contribution in [0.5, 0.6) is 0 Å². The van der Waals surface area contributed by atoms with Crippen LogP contribution in [0.1, 0.15) is 13.3 Å². The highest BCUT2D eigenvalue weighted by Gasteiger charge is 2.18. The van der Waals surface area contributed by atoms with Crippen molar-refractivity contribution < 1.29 is 18.3 Å². The van der Waals surface area contributed by atoms with Crippen LogP contribution in [-0.2, 0) is 14.8 Å². The van der Waals surface area contributed by atoms with Gasteiger partial charge in [0.25, 0.3) is 0 Å². The summed E-state index contributed by atoms with van der Waals surface area (Å²) in [5.41, 5.74) is 0. The van der Waals surface area contributed by atoms with E-state index in [4.69, 9.17) is 9.84 Å². The minimum atomic E-state index is -3.21. The molecule has 0 heterocycles. The second kappa shape index (κ2) is 7.17. The van der Waals surface area contributed by atoms with Gasteiger partial charge < -0.3 is 9.84 Å². The molecule has 0 bridgehead atoms. The molecule has 6 heteroatoms. The lowest BCUT2D eigenvalue weighted by Crippen LogP contribution is -2.35. The molecule has 0 amide bonds. The number of methoxy groups -OCH3 is 1. The number of sulfonamides is 1. The Bertz CT molecular complexity index is 227. The van der Waals surface area contributed by atoms with E-state index < -0.39 is 10.0 Å². The van der Waals surface area contributed by atoms with Crippen LogP contribution < -0.4 is 0 Å². The molecular formula is C8H19NO4S. The van der Waals surface area contributed by atoms with Crippen LogP contribution >= 0.6 is 0 Å². The molecule has 0 unspecified atom stereocenters. The van der Waals surface area contributed by atoms with Crippen LogP contribution in [0.4, 0.5) is 0 Å². The second-order valence-corrected chi connectivity index (χ2v) is 4.97. The van der Waals surface area contributed by atoms with Crippen molar-refractivity contribution in [2.75, 3.05) is 39.2 Å². The van der Waals surface area contributed by atoms with Gasteiger partial charge in [-0.25, -0.2) is 8.42 Å². The molecule has 5 nitrogen and oxygen atoms in total. The molecule has 0 aliphatic heterocycles. The largest absolute Gasteiger partial charge is 0.395 e. The number of aliphatic hydroxyl groups is 1. The summed E-state index contributed by atoms with van der Waals surface area (Å²) in [4.78, 5) is 0. The summed E-state index contributed by atoms with van der Waals surface area (Å²) in [6, 6.07) is 0. The molecule has 0 aromatic carbocycles. The van der Waals surface area contributed by atoms with E-state index >= 15 is 0 Å². The average molecular weight is 225 g/mol. The molecule has 0 spiro atoms. The first-order chi connectivity index (χ1) is 6.58. The van der Waals surface area contributed by atoms with Crippen LogP contribution in [-0.4, -0.2) is 57.0 Å². The summed E-state index contributed by atoms with van der Waals surface area (Å²) < 4.78 is 29.2. The first kappa shape index (κ1) is 13.8. The zero-order valence-corrected chi connectivity index (χ0v) is 9.59. The molecule has 0 radical (unpaired) electrons. The van der Waals surface area contributed by atoms with Crippen molar-refractivity contribution in [3.8, 4) is 0 Å². The van der Waals surface area contributed by atoms with Crippen molar-refractivity contribution >= 4 is 10.0 Å². The zero-order chi connectivity index (χ0) is 11.0. The molecule has 0 aliphatic carbocycles. The fourth-order valence-electron chi connectivity index (χ4n) is 1.12. The molecule has 0 aromatic heterocycles. The van der Waals surface area contributed by atoms with Gasteiger partial charge in [-0.1, -0.05) is 6.92 Å². The maximum absolute atomic E-state index is 11.6. The lowest BCUT2D eigenvalue weighted by atomic mass is 10.5. The van der Waals surface area contributed by atoms with Crippen LogP contribution in [0.25, 0.3) is 0 Å². The molecule has 0 saturated carbocycles. The summed E-state index contributed by atoms with van der Waals surface area (Å²) in [5, 5.41) is 8.67. The lowest BCUT2D eigenvalue weighted by Gasteiger charge is -2.18. The van der Waals surface area contributed by atoms with Gasteiger partial charge in [0.2, 0.25) is 10.0 Å². The van der Waals surface area contributed by atoms with Crippen molar-refractivity contribution in [3.05, 3.63) is 0 Å². The van der Waals surface area contributed by atoms with Gasteiger partial charge >= 0.3 is 0 Å². The third kappa shape index (κ3) is 4.90. The summed E-state index contributed by atoms with van der Waals surface area (Å²) in [6.45, 7) is 2.62. The number of ether oxygens (including phenoxy) is 1. The summed E-state index contributed by atoms with van der Waals surface area (Å²) >= 11 is 0. The van der Waals surface area contributed by atoms with E-state index in [9.17, 15) is 8.42 Å². The molecule has 0 atom stereocenters. The minimum Gasteiger partial charge on any atom is -0.395 e. The van der Waals surface area contributed by atoms with Gasteiger partial charge in [0.1, 0.15) is 0 Å². The third-order valence-corrected chi connectivity index (χ3v) is 3.88. The highest BCUT2D eigenvalue weighted by atomic mass is 32.2. The van der Waals surface area contributed by atoms with Crippen LogP contribution in [0, 0.1) is 0 Å². The van der Waals surface area contributed by atoms with Crippen molar-refractivity contribution in [1.29, 1.82) is 0 Å². The summed E-state index contributed by atoms with van der Waals surface area (Å²) in [6.07, 6.45) is 0.487. The predicted octanol–water partition coefficient (Wildman–Crippen LogP) is -0.333. The first-order valence-electron chi connectivity index (χ1n) is 4.66. The zero-order valence-electron chi connectivity index (χ0n) is 8.77. The lowest BCUT2D eigenvalue weighted by molar-refractivity contribution is 0.199. The fraction of sp³-hybridized carbons (Fsp3) is 1.00. The fourth-order valence-corrected chi connectivity index (χ4v) is 2.61. The number of rotatable bonds is 8. The van der Waals surface area contributed by atoms with Crippen molar-refractivity contribution in [3.63, 3.8) is 0 Å². The monoisotopic (exact) mass is 225 g/mol. The molecule has 0 fully saturated rings. The maximum atomic E-state index is 11.6. The molecule has 0 aromatic rings. The quantitative estimate of drug-likeness (QED) is 0.574. The average Bonchev–Trinajstić information content (AvgIpc) is 2.14. The van der Waals surface area contributed by atoms with E-state index in [-0.39, 0.29) is 18.9 Å². The molecule has 0 aliphatic rings. The number of hydrogen-bond donors (Lipinski definition) is 1. The minimum absolute atomic E-state index is 0.0781. The standard InChI is InChI=1S/C8H19NO4S/c1-3-9(5-6-10)14(11,12)8-4-7-13-2/h10H,3-8H2,1-2H3. The third-order valence-electron chi connectivity index (χ3n) is 1.85. The molecule has 1 N–H and O–H groups in total. The Morgan fingerprint density at radius 1 is 1.43 bits per heavy atom. The van der Waals surface area contributed by atoms with Crippen LogP contribution in [0.15, 0.2) is 0 Å². The van der Waals surface area contributed by atoms with E-state index in [1.807, 2.05) is 0 Å². The van der Waals surface area contributed by atoms with Gasteiger partial charge in [-0.05, 0) is 6.42 Å². The molecule has 0 rings (SSSR count). The summed E-state index contributed by atoms with van der Waals surface area (Å²) in [7, 11) is -1.67. The molecule has 14 heavy (non-hydrogen) atoms. The van der Waals surface area contributed by atoms with Crippen LogP contribution in [0.2, 0.25) is 0 Å². The second-order valence-electron chi connectivity index (χ2n) is 2.88. The maximum Gasteiger partial charge on any atom is 0.214 e. The topological polar surface area (TPSA) is 66.8 Å². The molecule has 0 saturated heterocycles.